The highest BCUT2D eigenvalue weighted by molar-refractivity contribution is 6.09. The topological polar surface area (TPSA) is 124 Å². The molecular weight excluding hydrogens is 300 g/mol. The molecule has 0 unspecified atom stereocenters. The number of carbonyl (C=O) groups is 1. The Kier molecular flexibility index (Phi) is 4.44. The van der Waals surface area contributed by atoms with E-state index < -0.39 is 10.9 Å². The number of nitro groups is 1. The standard InChI is InChI=1S/C15H16N4O4/c1-9(2)18-8-14(19(22)23)12-5-11(3-4-13(12)18)17-7-10(6-16)15(20)21/h3-9H,16H2,1-2H3,(H,20,21). The number of carboxylic acids is 1. The van der Waals surface area contributed by atoms with E-state index in [0.717, 1.165) is 17.9 Å². The minimum absolute atomic E-state index is 0.0152. The average Bonchev–Trinajstić information content (AvgIpc) is 2.86. The number of aliphatic imine (C=N–C) groups is 1. The van der Waals surface area contributed by atoms with Crippen LogP contribution in [0.3, 0.4) is 0 Å². The second-order valence-electron chi connectivity index (χ2n) is 5.16. The number of aliphatic carboxylic acids is 1. The Hall–Kier alpha value is -3.16. The van der Waals surface area contributed by atoms with Crippen LogP contribution in [0.15, 0.2) is 41.2 Å². The zero-order valence-electron chi connectivity index (χ0n) is 12.6. The molecule has 0 spiro atoms. The minimum atomic E-state index is -1.20. The second kappa shape index (κ2) is 6.30. The molecule has 0 bridgehead atoms. The molecule has 3 N–H and O–H groups in total. The van der Waals surface area contributed by atoms with Crippen molar-refractivity contribution >= 4 is 34.5 Å². The summed E-state index contributed by atoms with van der Waals surface area (Å²) >= 11 is 0. The molecule has 1 aromatic carbocycles. The lowest BCUT2D eigenvalue weighted by Gasteiger charge is -2.08. The highest BCUT2D eigenvalue weighted by Crippen LogP contribution is 2.33. The van der Waals surface area contributed by atoms with Gasteiger partial charge in [0.25, 0.3) is 5.69 Å². The second-order valence-corrected chi connectivity index (χ2v) is 5.16. The van der Waals surface area contributed by atoms with Crippen molar-refractivity contribution in [3.63, 3.8) is 0 Å². The summed E-state index contributed by atoms with van der Waals surface area (Å²) in [6.45, 7) is 3.86. The van der Waals surface area contributed by atoms with Crippen LogP contribution in [0.2, 0.25) is 0 Å². The van der Waals surface area contributed by atoms with E-state index in [9.17, 15) is 14.9 Å². The maximum atomic E-state index is 11.2. The van der Waals surface area contributed by atoms with Crippen LogP contribution < -0.4 is 5.73 Å². The van der Waals surface area contributed by atoms with E-state index in [1.54, 1.807) is 18.2 Å². The van der Waals surface area contributed by atoms with E-state index in [4.69, 9.17) is 10.8 Å². The van der Waals surface area contributed by atoms with Gasteiger partial charge in [-0.1, -0.05) is 0 Å². The zero-order valence-corrected chi connectivity index (χ0v) is 12.6. The average molecular weight is 316 g/mol. The summed E-state index contributed by atoms with van der Waals surface area (Å²) in [5, 5.41) is 20.5. The van der Waals surface area contributed by atoms with Crippen LogP contribution in [-0.4, -0.2) is 26.8 Å². The lowest BCUT2D eigenvalue weighted by atomic mass is 10.2. The lowest BCUT2D eigenvalue weighted by Crippen LogP contribution is -2.03. The largest absolute Gasteiger partial charge is 0.478 e. The summed E-state index contributed by atoms with van der Waals surface area (Å²) in [4.78, 5) is 25.6. The molecule has 2 aromatic rings. The molecule has 0 saturated heterocycles. The third kappa shape index (κ3) is 3.20. The molecule has 0 saturated carbocycles. The van der Waals surface area contributed by atoms with Crippen LogP contribution in [0.5, 0.6) is 0 Å². The number of benzene rings is 1. The number of carboxylic acid groups (broad SMARTS) is 1. The quantitative estimate of drug-likeness (QED) is 0.380. The highest BCUT2D eigenvalue weighted by Gasteiger charge is 2.19. The SMILES string of the molecule is CC(C)n1cc([N+](=O)[O-])c2cc(N=CC(=CN)C(=O)O)ccc21. The normalized spacial score (nSPS) is 12.4. The molecule has 0 radical (unpaired) electrons. The Bertz CT molecular complexity index is 833. The van der Waals surface area contributed by atoms with Gasteiger partial charge in [0.05, 0.1) is 33.3 Å². The van der Waals surface area contributed by atoms with Gasteiger partial charge in [-0.2, -0.15) is 0 Å². The lowest BCUT2D eigenvalue weighted by molar-refractivity contribution is -0.383. The van der Waals surface area contributed by atoms with Gasteiger partial charge in [-0.3, -0.25) is 15.1 Å². The Morgan fingerprint density at radius 2 is 2.17 bits per heavy atom. The molecule has 0 aliphatic carbocycles. The van der Waals surface area contributed by atoms with Crippen LogP contribution >= 0.6 is 0 Å². The fourth-order valence-electron chi connectivity index (χ4n) is 2.19. The Balaban J connectivity index is 2.54. The van der Waals surface area contributed by atoms with Crippen LogP contribution in [0.25, 0.3) is 10.9 Å². The number of fused-ring (bicyclic) bond motifs is 1. The van der Waals surface area contributed by atoms with E-state index >= 15 is 0 Å². The molecule has 23 heavy (non-hydrogen) atoms. The fraction of sp³-hybridized carbons (Fsp3) is 0.200. The van der Waals surface area contributed by atoms with Crippen LogP contribution in [0.4, 0.5) is 11.4 Å². The summed E-state index contributed by atoms with van der Waals surface area (Å²) in [5.41, 5.74) is 6.15. The maximum absolute atomic E-state index is 11.2. The van der Waals surface area contributed by atoms with Crippen molar-refractivity contribution < 1.29 is 14.8 Å². The Morgan fingerprint density at radius 3 is 2.70 bits per heavy atom. The van der Waals surface area contributed by atoms with Gasteiger partial charge >= 0.3 is 5.97 Å². The smallest absolute Gasteiger partial charge is 0.338 e. The molecule has 120 valence electrons. The first-order valence-electron chi connectivity index (χ1n) is 6.83. The summed E-state index contributed by atoms with van der Waals surface area (Å²) < 4.78 is 1.81. The van der Waals surface area contributed by atoms with Crippen LogP contribution in [0.1, 0.15) is 19.9 Å². The van der Waals surface area contributed by atoms with Gasteiger partial charge in [-0.25, -0.2) is 4.79 Å². The van der Waals surface area contributed by atoms with Crippen molar-refractivity contribution in [2.75, 3.05) is 0 Å². The number of nitrogens with zero attached hydrogens (tertiary/aromatic N) is 3. The molecule has 1 aromatic heterocycles. The van der Waals surface area contributed by atoms with Gasteiger partial charge in [-0.15, -0.1) is 0 Å². The van der Waals surface area contributed by atoms with Gasteiger partial charge < -0.3 is 15.4 Å². The van der Waals surface area contributed by atoms with Crippen molar-refractivity contribution in [3.8, 4) is 0 Å². The zero-order chi connectivity index (χ0) is 17.1. The number of hydrogen-bond acceptors (Lipinski definition) is 5. The van der Waals surface area contributed by atoms with Gasteiger partial charge in [0.2, 0.25) is 0 Å². The fourth-order valence-corrected chi connectivity index (χ4v) is 2.19. The molecule has 8 heteroatoms. The third-order valence-corrected chi connectivity index (χ3v) is 3.33. The van der Waals surface area contributed by atoms with Crippen molar-refractivity contribution in [1.82, 2.24) is 4.57 Å². The number of hydrogen-bond donors (Lipinski definition) is 2. The first kappa shape index (κ1) is 16.2. The van der Waals surface area contributed by atoms with E-state index in [1.165, 1.54) is 6.20 Å². The highest BCUT2D eigenvalue weighted by atomic mass is 16.6. The van der Waals surface area contributed by atoms with E-state index in [-0.39, 0.29) is 17.3 Å². The summed E-state index contributed by atoms with van der Waals surface area (Å²) in [5.74, 6) is -1.20. The Morgan fingerprint density at radius 1 is 1.48 bits per heavy atom. The first-order chi connectivity index (χ1) is 10.8. The van der Waals surface area contributed by atoms with Crippen LogP contribution in [0, 0.1) is 10.1 Å². The van der Waals surface area contributed by atoms with E-state index in [2.05, 4.69) is 4.99 Å². The van der Waals surface area contributed by atoms with Crippen molar-refractivity contribution in [1.29, 1.82) is 0 Å². The molecule has 1 heterocycles. The van der Waals surface area contributed by atoms with Crippen molar-refractivity contribution in [3.05, 3.63) is 46.3 Å². The van der Waals surface area contributed by atoms with Crippen LogP contribution in [-0.2, 0) is 4.79 Å². The summed E-state index contributed by atoms with van der Waals surface area (Å²) in [6, 6.07) is 5.01. The predicted molar refractivity (Wildman–Crippen MR) is 87.0 cm³/mol. The molecule has 0 amide bonds. The molecule has 8 nitrogen and oxygen atoms in total. The van der Waals surface area contributed by atoms with E-state index in [1.807, 2.05) is 18.4 Å². The summed E-state index contributed by atoms with van der Waals surface area (Å²) in [6.07, 6.45) is 3.53. The van der Waals surface area contributed by atoms with E-state index in [0.29, 0.717) is 11.1 Å². The predicted octanol–water partition coefficient (Wildman–Crippen LogP) is 2.76. The molecule has 0 atom stereocenters. The monoisotopic (exact) mass is 316 g/mol. The van der Waals surface area contributed by atoms with Gasteiger partial charge in [0, 0.05) is 18.5 Å². The minimum Gasteiger partial charge on any atom is -0.478 e. The number of nitrogens with two attached hydrogens (primary N) is 1. The molecule has 2 rings (SSSR count). The number of aromatic nitrogens is 1. The number of rotatable bonds is 5. The molecule has 0 fully saturated rings. The summed E-state index contributed by atoms with van der Waals surface area (Å²) in [7, 11) is 0. The van der Waals surface area contributed by atoms with Crippen molar-refractivity contribution in [2.45, 2.75) is 19.9 Å². The first-order valence-corrected chi connectivity index (χ1v) is 6.83. The molecule has 0 aliphatic heterocycles. The molecule has 0 aliphatic rings. The van der Waals surface area contributed by atoms with Gasteiger partial charge in [0.15, 0.2) is 0 Å². The van der Waals surface area contributed by atoms with Gasteiger partial charge in [-0.05, 0) is 32.0 Å². The Labute approximate surface area is 131 Å². The van der Waals surface area contributed by atoms with Gasteiger partial charge in [0.1, 0.15) is 0 Å². The maximum Gasteiger partial charge on any atom is 0.338 e. The molecular formula is C15H16N4O4. The third-order valence-electron chi connectivity index (χ3n) is 3.33. The van der Waals surface area contributed by atoms with Crippen molar-refractivity contribution in [2.24, 2.45) is 10.7 Å².